The van der Waals surface area contributed by atoms with Gasteiger partial charge in [-0.05, 0) is 26.2 Å². The lowest BCUT2D eigenvalue weighted by molar-refractivity contribution is -0.384. The van der Waals surface area contributed by atoms with Crippen molar-refractivity contribution in [2.24, 2.45) is 5.41 Å². The van der Waals surface area contributed by atoms with E-state index in [1.165, 1.54) is 26.7 Å². The highest BCUT2D eigenvalue weighted by atomic mass is 16.6. The summed E-state index contributed by atoms with van der Waals surface area (Å²) in [6.45, 7) is 2.71. The fraction of sp³-hybridized carbons (Fsp3) is 0.647. The summed E-state index contributed by atoms with van der Waals surface area (Å²) >= 11 is 0. The number of hydrogen-bond donors (Lipinski definition) is 1. The summed E-state index contributed by atoms with van der Waals surface area (Å²) in [6, 6.07) is 3.25. The van der Waals surface area contributed by atoms with Crippen molar-refractivity contribution in [2.45, 2.75) is 44.8 Å². The first-order valence-electron chi connectivity index (χ1n) is 8.34. The number of nitro groups is 1. The summed E-state index contributed by atoms with van der Waals surface area (Å²) in [5.41, 5.74) is 0.600. The fourth-order valence-electron chi connectivity index (χ4n) is 3.96. The Balaban J connectivity index is 1.86. The minimum atomic E-state index is -0.392. The Morgan fingerprint density at radius 1 is 1.29 bits per heavy atom. The molecule has 7 nitrogen and oxygen atoms in total. The number of nitro benzene ring substituents is 1. The Morgan fingerprint density at radius 3 is 2.46 bits per heavy atom. The predicted molar refractivity (Wildman–Crippen MR) is 89.9 cm³/mol. The molecule has 0 unspecified atom stereocenters. The van der Waals surface area contributed by atoms with E-state index in [4.69, 9.17) is 14.2 Å². The molecular formula is C17H24N2O5. The van der Waals surface area contributed by atoms with Crippen LogP contribution in [-0.2, 0) is 4.74 Å². The molecule has 7 heteroatoms. The van der Waals surface area contributed by atoms with Gasteiger partial charge in [0, 0.05) is 24.1 Å². The van der Waals surface area contributed by atoms with Crippen molar-refractivity contribution < 1.29 is 19.1 Å². The first kappa shape index (κ1) is 16.8. The van der Waals surface area contributed by atoms with Crippen LogP contribution in [0.25, 0.3) is 0 Å². The van der Waals surface area contributed by atoms with E-state index in [-0.39, 0.29) is 23.2 Å². The van der Waals surface area contributed by atoms with E-state index in [0.717, 1.165) is 19.3 Å². The van der Waals surface area contributed by atoms with E-state index in [1.54, 1.807) is 6.07 Å². The maximum atomic E-state index is 11.4. The SMILES string of the molecule is CCO[C@H]1C[C@@H](Nc2cc(OC)c(OC)cc2[N+](=O)[O-])C12CCC2. The van der Waals surface area contributed by atoms with Crippen LogP contribution in [0.3, 0.4) is 0 Å². The highest BCUT2D eigenvalue weighted by molar-refractivity contribution is 5.69. The van der Waals surface area contributed by atoms with Crippen LogP contribution >= 0.6 is 0 Å². The van der Waals surface area contributed by atoms with Gasteiger partial charge in [0.25, 0.3) is 5.69 Å². The summed E-state index contributed by atoms with van der Waals surface area (Å²) in [7, 11) is 2.99. The molecule has 1 N–H and O–H groups in total. The summed E-state index contributed by atoms with van der Waals surface area (Å²) in [5.74, 6) is 0.836. The number of nitrogens with zero attached hydrogens (tertiary/aromatic N) is 1. The molecule has 0 aliphatic heterocycles. The predicted octanol–water partition coefficient (Wildman–Crippen LogP) is 3.37. The monoisotopic (exact) mass is 336 g/mol. The first-order valence-corrected chi connectivity index (χ1v) is 8.34. The molecule has 24 heavy (non-hydrogen) atoms. The molecule has 1 aromatic carbocycles. The van der Waals surface area contributed by atoms with Gasteiger partial charge in [-0.25, -0.2) is 0 Å². The first-order chi connectivity index (χ1) is 11.6. The molecule has 2 saturated carbocycles. The Labute approximate surface area is 141 Å². The largest absolute Gasteiger partial charge is 0.493 e. The molecule has 0 bridgehead atoms. The van der Waals surface area contributed by atoms with Crippen LogP contribution in [0.2, 0.25) is 0 Å². The van der Waals surface area contributed by atoms with Gasteiger partial charge in [0.1, 0.15) is 5.69 Å². The van der Waals surface area contributed by atoms with Crippen LogP contribution in [0.4, 0.5) is 11.4 Å². The molecule has 2 aliphatic rings. The molecule has 0 heterocycles. The van der Waals surface area contributed by atoms with Gasteiger partial charge in [-0.15, -0.1) is 0 Å². The summed E-state index contributed by atoms with van der Waals surface area (Å²) < 4.78 is 16.3. The highest BCUT2D eigenvalue weighted by Crippen LogP contribution is 2.58. The van der Waals surface area contributed by atoms with Crippen LogP contribution < -0.4 is 14.8 Å². The van der Waals surface area contributed by atoms with Gasteiger partial charge < -0.3 is 19.5 Å². The lowest BCUT2D eigenvalue weighted by Crippen LogP contribution is -2.64. The van der Waals surface area contributed by atoms with E-state index in [2.05, 4.69) is 5.32 Å². The molecule has 2 atom stereocenters. The molecule has 3 rings (SSSR count). The van der Waals surface area contributed by atoms with Gasteiger partial charge in [-0.2, -0.15) is 0 Å². The zero-order valence-corrected chi connectivity index (χ0v) is 14.3. The average Bonchev–Trinajstić information content (AvgIpc) is 2.51. The Hall–Kier alpha value is -2.02. The van der Waals surface area contributed by atoms with E-state index < -0.39 is 4.92 Å². The number of rotatable bonds is 7. The lowest BCUT2D eigenvalue weighted by atomic mass is 9.51. The number of hydrogen-bond acceptors (Lipinski definition) is 6. The van der Waals surface area contributed by atoms with Crippen molar-refractivity contribution in [3.05, 3.63) is 22.2 Å². The zero-order valence-electron chi connectivity index (χ0n) is 14.3. The molecule has 2 fully saturated rings. The second kappa shape index (κ2) is 6.47. The quantitative estimate of drug-likeness (QED) is 0.607. The standard InChI is InChI=1S/C17H24N2O5/c1-4-24-16-10-15(17(16)6-5-7-17)18-11-8-13(22-2)14(23-3)9-12(11)19(20)21/h8-9,15-16,18H,4-7,10H2,1-3H3/t15-,16+/m1/s1. The average molecular weight is 336 g/mol. The van der Waals surface area contributed by atoms with Gasteiger partial charge in [-0.1, -0.05) is 6.42 Å². The van der Waals surface area contributed by atoms with Gasteiger partial charge in [0.2, 0.25) is 0 Å². The smallest absolute Gasteiger partial charge is 0.296 e. The van der Waals surface area contributed by atoms with Crippen LogP contribution in [-0.4, -0.2) is 37.9 Å². The molecule has 132 valence electrons. The minimum Gasteiger partial charge on any atom is -0.493 e. The van der Waals surface area contributed by atoms with Crippen LogP contribution in [0.1, 0.15) is 32.6 Å². The van der Waals surface area contributed by atoms with Gasteiger partial charge in [0.05, 0.1) is 31.3 Å². The van der Waals surface area contributed by atoms with Crippen molar-refractivity contribution in [2.75, 3.05) is 26.1 Å². The van der Waals surface area contributed by atoms with E-state index in [0.29, 0.717) is 23.8 Å². The third-order valence-electron chi connectivity index (χ3n) is 5.47. The van der Waals surface area contributed by atoms with Crippen LogP contribution in [0.15, 0.2) is 12.1 Å². The lowest BCUT2D eigenvalue weighted by Gasteiger charge is -2.61. The van der Waals surface area contributed by atoms with Gasteiger partial charge in [0.15, 0.2) is 11.5 Å². The van der Waals surface area contributed by atoms with Crippen LogP contribution in [0, 0.1) is 15.5 Å². The number of anilines is 1. The van der Waals surface area contributed by atoms with Crippen LogP contribution in [0.5, 0.6) is 11.5 Å². The third-order valence-corrected chi connectivity index (χ3v) is 5.47. The second-order valence-electron chi connectivity index (χ2n) is 6.44. The second-order valence-corrected chi connectivity index (χ2v) is 6.44. The molecule has 1 aromatic rings. The number of ether oxygens (including phenoxy) is 3. The Morgan fingerprint density at radius 2 is 1.96 bits per heavy atom. The van der Waals surface area contributed by atoms with Crippen molar-refractivity contribution in [3.63, 3.8) is 0 Å². The van der Waals surface area contributed by atoms with Crippen molar-refractivity contribution in [1.82, 2.24) is 0 Å². The van der Waals surface area contributed by atoms with Gasteiger partial charge >= 0.3 is 0 Å². The van der Waals surface area contributed by atoms with Crippen molar-refractivity contribution in [3.8, 4) is 11.5 Å². The highest BCUT2D eigenvalue weighted by Gasteiger charge is 2.59. The fourth-order valence-corrected chi connectivity index (χ4v) is 3.96. The van der Waals surface area contributed by atoms with Gasteiger partial charge in [-0.3, -0.25) is 10.1 Å². The Bertz CT molecular complexity index is 630. The van der Waals surface area contributed by atoms with E-state index >= 15 is 0 Å². The van der Waals surface area contributed by atoms with E-state index in [1.807, 2.05) is 6.92 Å². The Kier molecular flexibility index (Phi) is 4.54. The normalized spacial score (nSPS) is 24.0. The molecule has 0 saturated heterocycles. The minimum absolute atomic E-state index is 0.00184. The third kappa shape index (κ3) is 2.56. The molecule has 2 aliphatic carbocycles. The number of nitrogens with one attached hydrogen (secondary N) is 1. The van der Waals surface area contributed by atoms with E-state index in [9.17, 15) is 10.1 Å². The molecular weight excluding hydrogens is 312 g/mol. The summed E-state index contributed by atoms with van der Waals surface area (Å²) in [6.07, 6.45) is 4.54. The molecule has 0 radical (unpaired) electrons. The topological polar surface area (TPSA) is 82.9 Å². The summed E-state index contributed by atoms with van der Waals surface area (Å²) in [4.78, 5) is 11.0. The maximum Gasteiger partial charge on any atom is 0.296 e. The summed E-state index contributed by atoms with van der Waals surface area (Å²) in [5, 5.41) is 14.8. The number of benzene rings is 1. The molecule has 0 aromatic heterocycles. The molecule has 0 amide bonds. The van der Waals surface area contributed by atoms with Crippen molar-refractivity contribution >= 4 is 11.4 Å². The molecule has 1 spiro atoms. The van der Waals surface area contributed by atoms with Crippen molar-refractivity contribution in [1.29, 1.82) is 0 Å². The maximum absolute atomic E-state index is 11.4. The zero-order chi connectivity index (χ0) is 17.3. The number of methoxy groups -OCH3 is 2.